The number of hydrogen-bond donors (Lipinski definition) is 1. The summed E-state index contributed by atoms with van der Waals surface area (Å²) in [5.74, 6) is 0.979. The van der Waals surface area contributed by atoms with E-state index in [-0.39, 0.29) is 6.04 Å². The second kappa shape index (κ2) is 12.4. The average molecular weight is 453 g/mol. The van der Waals surface area contributed by atoms with Crippen molar-refractivity contribution in [2.24, 2.45) is 0 Å². The Bertz CT molecular complexity index is 1140. The van der Waals surface area contributed by atoms with Crippen LogP contribution in [0.3, 0.4) is 0 Å². The Kier molecular flexibility index (Phi) is 8.72. The fraction of sp³-hybridized carbons (Fsp3) is 0.290. The lowest BCUT2D eigenvalue weighted by molar-refractivity contribution is 0.220. The van der Waals surface area contributed by atoms with Gasteiger partial charge in [-0.25, -0.2) is 0 Å². The maximum atomic E-state index is 6.47. The summed E-state index contributed by atoms with van der Waals surface area (Å²) in [7, 11) is 0. The van der Waals surface area contributed by atoms with Crippen LogP contribution >= 0.6 is 0 Å². The van der Waals surface area contributed by atoms with E-state index in [2.05, 4.69) is 121 Å². The van der Waals surface area contributed by atoms with Gasteiger partial charge in [0.25, 0.3) is 0 Å². The maximum absolute atomic E-state index is 6.47. The summed E-state index contributed by atoms with van der Waals surface area (Å²) in [6, 6.07) is 34.5. The first-order chi connectivity index (χ1) is 16.8. The van der Waals surface area contributed by atoms with Crippen molar-refractivity contribution >= 4 is 10.8 Å². The molecule has 3 nitrogen and oxygen atoms in total. The zero-order valence-corrected chi connectivity index (χ0v) is 20.4. The third-order valence-corrected chi connectivity index (χ3v) is 6.52. The quantitative estimate of drug-likeness (QED) is 0.261. The third-order valence-electron chi connectivity index (χ3n) is 6.52. The molecule has 176 valence electrons. The lowest BCUT2D eigenvalue weighted by atomic mass is 9.92. The lowest BCUT2D eigenvalue weighted by Gasteiger charge is -2.25. The van der Waals surface area contributed by atoms with E-state index < -0.39 is 0 Å². The van der Waals surface area contributed by atoms with Crippen LogP contribution in [-0.4, -0.2) is 31.1 Å². The molecule has 0 aromatic heterocycles. The number of rotatable bonds is 12. The molecule has 3 heteroatoms. The van der Waals surface area contributed by atoms with Gasteiger partial charge >= 0.3 is 0 Å². The van der Waals surface area contributed by atoms with Crippen molar-refractivity contribution in [2.75, 3.05) is 26.2 Å². The topological polar surface area (TPSA) is 24.5 Å². The molecule has 0 spiro atoms. The van der Waals surface area contributed by atoms with Crippen molar-refractivity contribution in [3.8, 4) is 5.75 Å². The van der Waals surface area contributed by atoms with Gasteiger partial charge in [-0.3, -0.25) is 0 Å². The molecule has 0 saturated carbocycles. The SMILES string of the molecule is CCN(CC)CCOc1ccc2ccccc2c1[C@@H](Cc1ccccc1)NCc1ccccc1. The molecule has 0 aliphatic rings. The Morgan fingerprint density at radius 2 is 1.38 bits per heavy atom. The summed E-state index contributed by atoms with van der Waals surface area (Å²) in [6.07, 6.45) is 0.897. The fourth-order valence-electron chi connectivity index (χ4n) is 4.55. The summed E-state index contributed by atoms with van der Waals surface area (Å²) in [5.41, 5.74) is 3.84. The minimum atomic E-state index is 0.122. The van der Waals surface area contributed by atoms with Crippen molar-refractivity contribution in [1.29, 1.82) is 0 Å². The predicted octanol–water partition coefficient (Wildman–Crippen LogP) is 6.63. The summed E-state index contributed by atoms with van der Waals surface area (Å²) in [6.45, 7) is 8.91. The molecule has 1 N–H and O–H groups in total. The molecule has 0 bridgehead atoms. The van der Waals surface area contributed by atoms with E-state index >= 15 is 0 Å². The lowest BCUT2D eigenvalue weighted by Crippen LogP contribution is -2.28. The molecular weight excluding hydrogens is 416 g/mol. The highest BCUT2D eigenvalue weighted by Crippen LogP contribution is 2.35. The molecule has 0 aliphatic heterocycles. The molecule has 1 atom stereocenters. The number of benzene rings is 4. The summed E-state index contributed by atoms with van der Waals surface area (Å²) in [5, 5.41) is 6.36. The maximum Gasteiger partial charge on any atom is 0.124 e. The largest absolute Gasteiger partial charge is 0.492 e. The molecule has 0 heterocycles. The second-order valence-electron chi connectivity index (χ2n) is 8.68. The number of ether oxygens (including phenoxy) is 1. The molecule has 0 radical (unpaired) electrons. The smallest absolute Gasteiger partial charge is 0.124 e. The van der Waals surface area contributed by atoms with Crippen LogP contribution in [0.4, 0.5) is 0 Å². The van der Waals surface area contributed by atoms with Crippen molar-refractivity contribution < 1.29 is 4.74 Å². The Hall–Kier alpha value is -3.14. The van der Waals surface area contributed by atoms with Crippen LogP contribution in [0.25, 0.3) is 10.8 Å². The fourth-order valence-corrected chi connectivity index (χ4v) is 4.55. The van der Waals surface area contributed by atoms with E-state index in [0.717, 1.165) is 38.3 Å². The van der Waals surface area contributed by atoms with Crippen LogP contribution in [-0.2, 0) is 13.0 Å². The average Bonchev–Trinajstić information content (AvgIpc) is 2.90. The van der Waals surface area contributed by atoms with Crippen LogP contribution in [0.5, 0.6) is 5.75 Å². The Morgan fingerprint density at radius 1 is 0.735 bits per heavy atom. The molecule has 4 aromatic carbocycles. The molecular formula is C31H36N2O. The second-order valence-corrected chi connectivity index (χ2v) is 8.68. The first-order valence-electron chi connectivity index (χ1n) is 12.5. The number of nitrogens with zero attached hydrogens (tertiary/aromatic N) is 1. The highest BCUT2D eigenvalue weighted by atomic mass is 16.5. The molecule has 4 aromatic rings. The van der Waals surface area contributed by atoms with Crippen molar-refractivity contribution in [3.63, 3.8) is 0 Å². The van der Waals surface area contributed by atoms with Gasteiger partial charge in [-0.2, -0.15) is 0 Å². The first kappa shape index (κ1) is 24.0. The van der Waals surface area contributed by atoms with Crippen LogP contribution in [0.15, 0.2) is 97.1 Å². The molecule has 0 unspecified atom stereocenters. The Morgan fingerprint density at radius 3 is 2.09 bits per heavy atom. The van der Waals surface area contributed by atoms with E-state index in [9.17, 15) is 0 Å². The van der Waals surface area contributed by atoms with E-state index in [1.54, 1.807) is 0 Å². The molecule has 0 fully saturated rings. The van der Waals surface area contributed by atoms with Gasteiger partial charge in [0.2, 0.25) is 0 Å². The minimum absolute atomic E-state index is 0.122. The third kappa shape index (κ3) is 6.25. The molecule has 34 heavy (non-hydrogen) atoms. The molecule has 4 rings (SSSR count). The standard InChI is InChI=1S/C31H36N2O/c1-3-33(4-2)21-22-34-30-20-19-27-17-11-12-18-28(27)31(30)29(23-25-13-7-5-8-14-25)32-24-26-15-9-6-10-16-26/h5-20,29,32H,3-4,21-24H2,1-2H3/t29-/m1/s1. The van der Waals surface area contributed by atoms with Gasteiger partial charge in [-0.05, 0) is 47.5 Å². The van der Waals surface area contributed by atoms with Gasteiger partial charge in [0.15, 0.2) is 0 Å². The van der Waals surface area contributed by atoms with Crippen LogP contribution < -0.4 is 10.1 Å². The summed E-state index contributed by atoms with van der Waals surface area (Å²) in [4.78, 5) is 2.40. The van der Waals surface area contributed by atoms with Crippen molar-refractivity contribution in [1.82, 2.24) is 10.2 Å². The van der Waals surface area contributed by atoms with Crippen molar-refractivity contribution in [3.05, 3.63) is 114 Å². The highest BCUT2D eigenvalue weighted by molar-refractivity contribution is 5.88. The Balaban J connectivity index is 1.68. The van der Waals surface area contributed by atoms with Crippen LogP contribution in [0, 0.1) is 0 Å². The molecule has 0 aliphatic carbocycles. The van der Waals surface area contributed by atoms with E-state index in [1.165, 1.54) is 27.5 Å². The number of fused-ring (bicyclic) bond motifs is 1. The summed E-state index contributed by atoms with van der Waals surface area (Å²) < 4.78 is 6.47. The molecule has 0 amide bonds. The van der Waals surface area contributed by atoms with E-state index in [1.807, 2.05) is 0 Å². The van der Waals surface area contributed by atoms with Gasteiger partial charge in [0.05, 0.1) is 0 Å². The van der Waals surface area contributed by atoms with Crippen LogP contribution in [0.1, 0.15) is 36.6 Å². The number of nitrogens with one attached hydrogen (secondary N) is 1. The summed E-state index contributed by atoms with van der Waals surface area (Å²) >= 11 is 0. The van der Waals surface area contributed by atoms with Gasteiger partial charge < -0.3 is 15.0 Å². The zero-order valence-electron chi connectivity index (χ0n) is 20.4. The van der Waals surface area contributed by atoms with E-state index in [4.69, 9.17) is 4.74 Å². The normalized spacial score (nSPS) is 12.2. The van der Waals surface area contributed by atoms with Gasteiger partial charge in [0, 0.05) is 24.7 Å². The highest BCUT2D eigenvalue weighted by Gasteiger charge is 2.20. The monoisotopic (exact) mass is 452 g/mol. The Labute approximate surface area is 204 Å². The van der Waals surface area contributed by atoms with Gasteiger partial charge in [0.1, 0.15) is 12.4 Å². The predicted molar refractivity (Wildman–Crippen MR) is 143 cm³/mol. The number of likely N-dealkylation sites (N-methyl/N-ethyl adjacent to an activating group) is 1. The van der Waals surface area contributed by atoms with Gasteiger partial charge in [-0.15, -0.1) is 0 Å². The first-order valence-corrected chi connectivity index (χ1v) is 12.5. The van der Waals surface area contributed by atoms with E-state index in [0.29, 0.717) is 6.61 Å². The van der Waals surface area contributed by atoms with Crippen LogP contribution in [0.2, 0.25) is 0 Å². The minimum Gasteiger partial charge on any atom is -0.492 e. The van der Waals surface area contributed by atoms with Gasteiger partial charge in [-0.1, -0.05) is 105 Å². The number of hydrogen-bond acceptors (Lipinski definition) is 3. The van der Waals surface area contributed by atoms with Crippen molar-refractivity contribution in [2.45, 2.75) is 32.9 Å². The zero-order chi connectivity index (χ0) is 23.6. The molecule has 0 saturated heterocycles.